The summed E-state index contributed by atoms with van der Waals surface area (Å²) in [7, 11) is 0. The summed E-state index contributed by atoms with van der Waals surface area (Å²) in [5.74, 6) is -0.397. The molecule has 0 aliphatic carbocycles. The number of hydrogen-bond donors (Lipinski definition) is 1. The van der Waals surface area contributed by atoms with E-state index < -0.39 is 11.9 Å². The third kappa shape index (κ3) is 4.54. The molecular weight excluding hydrogens is 410 g/mol. The van der Waals surface area contributed by atoms with Gasteiger partial charge in [0.2, 0.25) is 0 Å². The quantitative estimate of drug-likeness (QED) is 0.369. The van der Waals surface area contributed by atoms with Gasteiger partial charge < -0.3 is 9.67 Å². The molecule has 2 aromatic carbocycles. The van der Waals surface area contributed by atoms with Gasteiger partial charge in [-0.15, -0.1) is 0 Å². The highest BCUT2D eigenvalue weighted by Crippen LogP contribution is 2.34. The van der Waals surface area contributed by atoms with Gasteiger partial charge in [0, 0.05) is 18.0 Å². The first-order chi connectivity index (χ1) is 15.9. The molecule has 2 heterocycles. The molecule has 1 N–H and O–H groups in total. The van der Waals surface area contributed by atoms with Crippen LogP contribution in [0, 0.1) is 19.8 Å². The average Bonchev–Trinajstić information content (AvgIpc) is 3.16. The predicted molar refractivity (Wildman–Crippen MR) is 132 cm³/mol. The van der Waals surface area contributed by atoms with Crippen molar-refractivity contribution in [3.05, 3.63) is 94.4 Å². The number of fused-ring (bicyclic) bond motifs is 1. The lowest BCUT2D eigenvalue weighted by atomic mass is 9.79. The van der Waals surface area contributed by atoms with E-state index in [1.54, 1.807) is 0 Å². The zero-order valence-corrected chi connectivity index (χ0v) is 19.7. The van der Waals surface area contributed by atoms with Crippen molar-refractivity contribution in [3.8, 4) is 0 Å². The smallest absolute Gasteiger partial charge is 0.307 e. The van der Waals surface area contributed by atoms with Gasteiger partial charge in [-0.05, 0) is 48.6 Å². The highest BCUT2D eigenvalue weighted by molar-refractivity contribution is 5.76. The normalized spacial score (nSPS) is 13.2. The van der Waals surface area contributed by atoms with Gasteiger partial charge in [0.1, 0.15) is 11.3 Å². The van der Waals surface area contributed by atoms with Crippen LogP contribution in [0.4, 0.5) is 0 Å². The summed E-state index contributed by atoms with van der Waals surface area (Å²) in [6.07, 6.45) is 1.40. The summed E-state index contributed by atoms with van der Waals surface area (Å²) in [5.41, 5.74) is 7.22. The van der Waals surface area contributed by atoms with Gasteiger partial charge in [0.25, 0.3) is 0 Å². The summed E-state index contributed by atoms with van der Waals surface area (Å²) < 4.78 is 2.20. The Hall–Kier alpha value is -3.47. The summed E-state index contributed by atoms with van der Waals surface area (Å²) in [6, 6.07) is 20.4. The van der Waals surface area contributed by atoms with Crippen molar-refractivity contribution >= 4 is 17.1 Å². The first-order valence-corrected chi connectivity index (χ1v) is 11.6. The summed E-state index contributed by atoms with van der Waals surface area (Å²) in [5, 5.41) is 9.88. The molecule has 0 saturated carbocycles. The molecule has 0 aliphatic rings. The Bertz CT molecular complexity index is 1260. The lowest BCUT2D eigenvalue weighted by Gasteiger charge is -2.24. The summed E-state index contributed by atoms with van der Waals surface area (Å²) >= 11 is 0. The number of aryl methyl sites for hydroxylation is 3. The fraction of sp³-hybridized carbons (Fsp3) is 0.321. The highest BCUT2D eigenvalue weighted by atomic mass is 16.4. The van der Waals surface area contributed by atoms with Gasteiger partial charge in [-0.25, -0.2) is 9.97 Å². The van der Waals surface area contributed by atoms with Crippen LogP contribution in [0.3, 0.4) is 0 Å². The van der Waals surface area contributed by atoms with E-state index in [9.17, 15) is 9.90 Å². The monoisotopic (exact) mass is 441 g/mol. The zero-order valence-electron chi connectivity index (χ0n) is 19.7. The topological polar surface area (TPSA) is 68.0 Å². The van der Waals surface area contributed by atoms with E-state index in [2.05, 4.69) is 48.7 Å². The largest absolute Gasteiger partial charge is 0.481 e. The van der Waals surface area contributed by atoms with Crippen LogP contribution in [0.2, 0.25) is 0 Å². The number of nitrogens with zero attached hydrogens (tertiary/aromatic N) is 3. The van der Waals surface area contributed by atoms with Crippen LogP contribution in [0.25, 0.3) is 11.2 Å². The second kappa shape index (κ2) is 9.57. The number of pyridine rings is 1. The standard InChI is InChI=1S/C28H31N3O2/c1-5-23(28(32)33)25(21-10-8-7-9-11-21)22-14-12-20(13-15-22)17-31-24(6-2)30-26-18(3)16-19(4)29-27(26)31/h7-16,23,25H,5-6,17H2,1-4H3,(H,32,33)/t23-,25+/m1/s1. The molecule has 170 valence electrons. The van der Waals surface area contributed by atoms with Crippen LogP contribution in [-0.4, -0.2) is 25.6 Å². The number of imidazole rings is 1. The molecule has 0 bridgehead atoms. The van der Waals surface area contributed by atoms with Crippen LogP contribution >= 0.6 is 0 Å². The molecule has 0 spiro atoms. The molecule has 2 atom stereocenters. The Kier molecular flexibility index (Phi) is 6.59. The van der Waals surface area contributed by atoms with Crippen molar-refractivity contribution in [2.24, 2.45) is 5.92 Å². The molecule has 5 heteroatoms. The Labute approximate surface area is 195 Å². The van der Waals surface area contributed by atoms with E-state index in [1.807, 2.05) is 44.2 Å². The number of hydrogen-bond acceptors (Lipinski definition) is 3. The zero-order chi connectivity index (χ0) is 23.5. The van der Waals surface area contributed by atoms with Gasteiger partial charge in [0.15, 0.2) is 5.65 Å². The third-order valence-corrected chi connectivity index (χ3v) is 6.41. The van der Waals surface area contributed by atoms with Crippen molar-refractivity contribution in [2.45, 2.75) is 53.0 Å². The predicted octanol–water partition coefficient (Wildman–Crippen LogP) is 5.90. The molecule has 33 heavy (non-hydrogen) atoms. The molecule has 0 amide bonds. The first-order valence-electron chi connectivity index (χ1n) is 11.6. The molecule has 5 nitrogen and oxygen atoms in total. The van der Waals surface area contributed by atoms with E-state index in [0.29, 0.717) is 13.0 Å². The van der Waals surface area contributed by atoms with E-state index in [4.69, 9.17) is 9.97 Å². The van der Waals surface area contributed by atoms with Crippen LogP contribution < -0.4 is 0 Å². The minimum Gasteiger partial charge on any atom is -0.481 e. The summed E-state index contributed by atoms with van der Waals surface area (Å²) in [6.45, 7) is 8.84. The second-order valence-electron chi connectivity index (χ2n) is 8.70. The van der Waals surface area contributed by atoms with Crippen LogP contribution in [-0.2, 0) is 17.8 Å². The average molecular weight is 442 g/mol. The third-order valence-electron chi connectivity index (χ3n) is 6.41. The number of benzene rings is 2. The van der Waals surface area contributed by atoms with Crippen LogP contribution in [0.5, 0.6) is 0 Å². The van der Waals surface area contributed by atoms with E-state index in [1.165, 1.54) is 0 Å². The Balaban J connectivity index is 1.70. The van der Waals surface area contributed by atoms with Gasteiger partial charge in [-0.1, -0.05) is 68.4 Å². The van der Waals surface area contributed by atoms with Crippen LogP contribution in [0.1, 0.15) is 60.0 Å². The molecule has 4 aromatic rings. The van der Waals surface area contributed by atoms with E-state index in [-0.39, 0.29) is 5.92 Å². The van der Waals surface area contributed by atoms with Crippen molar-refractivity contribution in [2.75, 3.05) is 0 Å². The number of carboxylic acid groups (broad SMARTS) is 1. The van der Waals surface area contributed by atoms with Gasteiger partial charge >= 0.3 is 5.97 Å². The summed E-state index contributed by atoms with van der Waals surface area (Å²) in [4.78, 5) is 21.6. The second-order valence-corrected chi connectivity index (χ2v) is 8.70. The molecule has 4 rings (SSSR count). The minimum absolute atomic E-state index is 0.185. The lowest BCUT2D eigenvalue weighted by molar-refractivity contribution is -0.142. The number of carboxylic acids is 1. The van der Waals surface area contributed by atoms with E-state index >= 15 is 0 Å². The number of aliphatic carboxylic acids is 1. The molecule has 2 aromatic heterocycles. The molecule has 0 aliphatic heterocycles. The van der Waals surface area contributed by atoms with Gasteiger partial charge in [0.05, 0.1) is 12.5 Å². The Morgan fingerprint density at radius 1 is 0.970 bits per heavy atom. The van der Waals surface area contributed by atoms with Crippen molar-refractivity contribution in [1.29, 1.82) is 0 Å². The van der Waals surface area contributed by atoms with E-state index in [0.717, 1.165) is 51.4 Å². The maximum absolute atomic E-state index is 12.0. The van der Waals surface area contributed by atoms with Gasteiger partial charge in [-0.2, -0.15) is 0 Å². The highest BCUT2D eigenvalue weighted by Gasteiger charge is 2.29. The Morgan fingerprint density at radius 3 is 2.24 bits per heavy atom. The maximum Gasteiger partial charge on any atom is 0.307 e. The SMILES string of the molecule is CCc1nc2c(C)cc(C)nc2n1Cc1ccc([C@H](c2ccccc2)[C@@H](CC)C(=O)O)cc1. The molecule has 0 fully saturated rings. The number of rotatable bonds is 8. The van der Waals surface area contributed by atoms with Gasteiger partial charge in [-0.3, -0.25) is 4.79 Å². The minimum atomic E-state index is -0.760. The molecule has 0 unspecified atom stereocenters. The van der Waals surface area contributed by atoms with Crippen LogP contribution in [0.15, 0.2) is 60.7 Å². The molecule has 0 radical (unpaired) electrons. The number of carbonyl (C=O) groups is 1. The first kappa shape index (κ1) is 22.7. The molecular formula is C28H31N3O2. The number of aromatic nitrogens is 3. The fourth-order valence-electron chi connectivity index (χ4n) is 4.77. The lowest BCUT2D eigenvalue weighted by Crippen LogP contribution is -2.22. The Morgan fingerprint density at radius 2 is 1.64 bits per heavy atom. The van der Waals surface area contributed by atoms with Crippen molar-refractivity contribution < 1.29 is 9.90 Å². The molecule has 0 saturated heterocycles. The van der Waals surface area contributed by atoms with Crippen molar-refractivity contribution in [3.63, 3.8) is 0 Å². The fourth-order valence-corrected chi connectivity index (χ4v) is 4.77. The van der Waals surface area contributed by atoms with Crippen molar-refractivity contribution in [1.82, 2.24) is 14.5 Å². The maximum atomic E-state index is 12.0.